The van der Waals surface area contributed by atoms with Crippen molar-refractivity contribution in [2.45, 2.75) is 13.0 Å². The van der Waals surface area contributed by atoms with Gasteiger partial charge in [-0.15, -0.1) is 5.10 Å². The van der Waals surface area contributed by atoms with Crippen LogP contribution in [0.5, 0.6) is 0 Å². The Hall–Kier alpha value is -1.67. The van der Waals surface area contributed by atoms with Crippen molar-refractivity contribution in [1.82, 2.24) is 14.7 Å². The van der Waals surface area contributed by atoms with E-state index in [4.69, 9.17) is 4.74 Å². The summed E-state index contributed by atoms with van der Waals surface area (Å²) in [4.78, 5) is 12.7. The molecule has 1 fully saturated rings. The minimum absolute atomic E-state index is 0.00865. The summed E-state index contributed by atoms with van der Waals surface area (Å²) in [6.07, 6.45) is 1.43. The second-order valence-corrected chi connectivity index (χ2v) is 4.56. The van der Waals surface area contributed by atoms with Gasteiger partial charge in [0, 0.05) is 26.7 Å². The monoisotopic (exact) mass is 269 g/mol. The minimum atomic E-state index is -0.435. The van der Waals surface area contributed by atoms with Crippen molar-refractivity contribution in [3.63, 3.8) is 0 Å². The van der Waals surface area contributed by atoms with E-state index in [1.165, 1.54) is 10.9 Å². The van der Waals surface area contributed by atoms with Crippen LogP contribution >= 0.6 is 0 Å². The van der Waals surface area contributed by atoms with Crippen LogP contribution in [0.3, 0.4) is 0 Å². The van der Waals surface area contributed by atoms with Crippen molar-refractivity contribution >= 4 is 11.5 Å². The van der Waals surface area contributed by atoms with Gasteiger partial charge in [-0.2, -0.15) is 0 Å². The van der Waals surface area contributed by atoms with Gasteiger partial charge in [0.15, 0.2) is 0 Å². The molecule has 1 aromatic heterocycles. The lowest BCUT2D eigenvalue weighted by atomic mass is 10.2. The van der Waals surface area contributed by atoms with Crippen LogP contribution in [0.15, 0.2) is 6.20 Å². The van der Waals surface area contributed by atoms with Crippen molar-refractivity contribution < 1.29 is 9.66 Å². The Morgan fingerprint density at radius 1 is 1.68 bits per heavy atom. The van der Waals surface area contributed by atoms with Crippen molar-refractivity contribution in [1.29, 1.82) is 0 Å². The number of ether oxygens (including phenoxy) is 1. The molecule has 0 amide bonds. The molecule has 1 saturated heterocycles. The normalized spacial score (nSPS) is 20.4. The minimum Gasteiger partial charge on any atom is -0.374 e. The van der Waals surface area contributed by atoms with Gasteiger partial charge in [-0.25, -0.2) is 0 Å². The summed E-state index contributed by atoms with van der Waals surface area (Å²) in [7, 11) is 1.66. The molecule has 0 aromatic carbocycles. The summed E-state index contributed by atoms with van der Waals surface area (Å²) in [5.74, 6) is 0.296. The molecule has 1 unspecified atom stereocenters. The van der Waals surface area contributed by atoms with Gasteiger partial charge < -0.3 is 10.1 Å². The van der Waals surface area contributed by atoms with Gasteiger partial charge in [0.05, 0.1) is 17.6 Å². The molecule has 0 radical (unpaired) electrons. The Morgan fingerprint density at radius 3 is 3.16 bits per heavy atom. The highest BCUT2D eigenvalue weighted by atomic mass is 16.6. The van der Waals surface area contributed by atoms with Crippen LogP contribution in [0.2, 0.25) is 0 Å². The standard InChI is InChI=1S/C11H19N5O3/c1-3-15-4-5-19-9(7-15)6-12-11-10(16(17)18)8-14(2)13-11/h8-9H,3-7H2,1-2H3,(H,12,13). The first kappa shape index (κ1) is 13.8. The highest BCUT2D eigenvalue weighted by molar-refractivity contribution is 5.54. The van der Waals surface area contributed by atoms with Crippen LogP contribution in [-0.4, -0.2) is 58.5 Å². The van der Waals surface area contributed by atoms with Crippen LogP contribution < -0.4 is 5.32 Å². The number of nitrogens with one attached hydrogen (secondary N) is 1. The maximum absolute atomic E-state index is 10.9. The van der Waals surface area contributed by atoms with Crippen molar-refractivity contribution in [2.24, 2.45) is 7.05 Å². The average molecular weight is 269 g/mol. The molecule has 1 aliphatic heterocycles. The van der Waals surface area contributed by atoms with E-state index >= 15 is 0 Å². The quantitative estimate of drug-likeness (QED) is 0.617. The lowest BCUT2D eigenvalue weighted by molar-refractivity contribution is -0.384. The molecule has 1 N–H and O–H groups in total. The topological polar surface area (TPSA) is 85.5 Å². The number of likely N-dealkylation sites (N-methyl/N-ethyl adjacent to an activating group) is 1. The van der Waals surface area contributed by atoms with Gasteiger partial charge >= 0.3 is 5.69 Å². The summed E-state index contributed by atoms with van der Waals surface area (Å²) in [6, 6.07) is 0. The van der Waals surface area contributed by atoms with Crippen molar-refractivity contribution in [3.8, 4) is 0 Å². The van der Waals surface area contributed by atoms with Crippen molar-refractivity contribution in [2.75, 3.05) is 38.1 Å². The van der Waals surface area contributed by atoms with Crippen LogP contribution in [0.25, 0.3) is 0 Å². The van der Waals surface area contributed by atoms with Crippen LogP contribution in [0, 0.1) is 10.1 Å². The van der Waals surface area contributed by atoms with Gasteiger partial charge in [-0.1, -0.05) is 6.92 Å². The maximum atomic E-state index is 10.9. The molecule has 8 heteroatoms. The third kappa shape index (κ3) is 3.42. The zero-order valence-corrected chi connectivity index (χ0v) is 11.2. The Bertz CT molecular complexity index is 448. The second-order valence-electron chi connectivity index (χ2n) is 4.56. The zero-order valence-electron chi connectivity index (χ0n) is 11.2. The molecule has 1 aromatic rings. The number of anilines is 1. The predicted octanol–water partition coefficient (Wildman–Crippen LogP) is 0.461. The fourth-order valence-corrected chi connectivity index (χ4v) is 2.14. The van der Waals surface area contributed by atoms with Gasteiger partial charge in [0.1, 0.15) is 6.20 Å². The highest BCUT2D eigenvalue weighted by Gasteiger charge is 2.22. The van der Waals surface area contributed by atoms with Crippen LogP contribution in [0.1, 0.15) is 6.92 Å². The lowest BCUT2D eigenvalue weighted by Gasteiger charge is -2.32. The molecule has 2 heterocycles. The van der Waals surface area contributed by atoms with Gasteiger partial charge in [-0.05, 0) is 6.54 Å². The molecule has 0 bridgehead atoms. The van der Waals surface area contributed by atoms with E-state index in [2.05, 4.69) is 22.2 Å². The smallest absolute Gasteiger partial charge is 0.330 e. The van der Waals surface area contributed by atoms with Gasteiger partial charge in [0.25, 0.3) is 0 Å². The number of aryl methyl sites for hydroxylation is 1. The molecule has 0 saturated carbocycles. The van der Waals surface area contributed by atoms with E-state index in [-0.39, 0.29) is 11.8 Å². The first-order valence-electron chi connectivity index (χ1n) is 6.36. The first-order chi connectivity index (χ1) is 9.10. The number of nitro groups is 1. The third-order valence-corrected chi connectivity index (χ3v) is 3.17. The van der Waals surface area contributed by atoms with Crippen LogP contribution in [-0.2, 0) is 11.8 Å². The third-order valence-electron chi connectivity index (χ3n) is 3.17. The van der Waals surface area contributed by atoms with Crippen LogP contribution in [0.4, 0.5) is 11.5 Å². The Labute approximate surface area is 111 Å². The van der Waals surface area contributed by atoms with Gasteiger partial charge in [-0.3, -0.25) is 19.7 Å². The summed E-state index contributed by atoms with van der Waals surface area (Å²) in [5.41, 5.74) is -0.00865. The second kappa shape index (κ2) is 5.98. The number of rotatable bonds is 5. The molecule has 1 atom stereocenters. The Morgan fingerprint density at radius 2 is 2.47 bits per heavy atom. The summed E-state index contributed by atoms with van der Waals surface area (Å²) in [6.45, 7) is 6.10. The number of hydrogen-bond acceptors (Lipinski definition) is 6. The number of nitrogens with zero attached hydrogens (tertiary/aromatic N) is 4. The van der Waals surface area contributed by atoms with E-state index in [1.54, 1.807) is 7.05 Å². The zero-order chi connectivity index (χ0) is 13.8. The lowest BCUT2D eigenvalue weighted by Crippen LogP contribution is -2.45. The van der Waals surface area contributed by atoms with E-state index in [1.807, 2.05) is 0 Å². The molecule has 0 aliphatic carbocycles. The van der Waals surface area contributed by atoms with Gasteiger partial charge in [0.2, 0.25) is 5.82 Å². The Kier molecular flexibility index (Phi) is 4.33. The van der Waals surface area contributed by atoms with E-state index < -0.39 is 4.92 Å². The molecule has 0 spiro atoms. The van der Waals surface area contributed by atoms with E-state index in [9.17, 15) is 10.1 Å². The Balaban J connectivity index is 1.93. The average Bonchev–Trinajstić information content (AvgIpc) is 2.78. The van der Waals surface area contributed by atoms with E-state index in [0.29, 0.717) is 19.0 Å². The summed E-state index contributed by atoms with van der Waals surface area (Å²) < 4.78 is 7.06. The summed E-state index contributed by atoms with van der Waals surface area (Å²) in [5, 5.41) is 17.9. The largest absolute Gasteiger partial charge is 0.374 e. The number of hydrogen-bond donors (Lipinski definition) is 1. The fourth-order valence-electron chi connectivity index (χ4n) is 2.14. The SMILES string of the molecule is CCN1CCOC(CNc2nn(C)cc2[N+](=O)[O-])C1. The highest BCUT2D eigenvalue weighted by Crippen LogP contribution is 2.21. The molecule has 1 aliphatic rings. The molecule has 8 nitrogen and oxygen atoms in total. The first-order valence-corrected chi connectivity index (χ1v) is 6.36. The fraction of sp³-hybridized carbons (Fsp3) is 0.727. The maximum Gasteiger partial charge on any atom is 0.330 e. The molecule has 2 rings (SSSR count). The summed E-state index contributed by atoms with van der Waals surface area (Å²) >= 11 is 0. The number of morpholine rings is 1. The van der Waals surface area contributed by atoms with Crippen molar-refractivity contribution in [3.05, 3.63) is 16.3 Å². The predicted molar refractivity (Wildman–Crippen MR) is 70.2 cm³/mol. The molecule has 106 valence electrons. The molecule has 19 heavy (non-hydrogen) atoms. The number of aromatic nitrogens is 2. The van der Waals surface area contributed by atoms with E-state index in [0.717, 1.165) is 19.6 Å². The molecular formula is C11H19N5O3. The molecular weight excluding hydrogens is 250 g/mol.